The van der Waals surface area contributed by atoms with Gasteiger partial charge in [-0.2, -0.15) is 0 Å². The van der Waals surface area contributed by atoms with Gasteiger partial charge in [0.2, 0.25) is 0 Å². The van der Waals surface area contributed by atoms with Crippen molar-refractivity contribution < 1.29 is 9.47 Å². The van der Waals surface area contributed by atoms with E-state index < -0.39 is 0 Å². The normalized spacial score (nSPS) is 10.4. The molecule has 3 aromatic heterocycles. The van der Waals surface area contributed by atoms with Gasteiger partial charge in [-0.3, -0.25) is 15.0 Å². The van der Waals surface area contributed by atoms with Gasteiger partial charge in [-0.15, -0.1) is 0 Å². The second-order valence-corrected chi connectivity index (χ2v) is 5.26. The van der Waals surface area contributed by atoms with E-state index in [1.165, 1.54) is 0 Å². The Balaban J connectivity index is 1.61. The van der Waals surface area contributed by atoms with Gasteiger partial charge in [0.15, 0.2) is 0 Å². The van der Waals surface area contributed by atoms with Gasteiger partial charge in [-0.25, -0.2) is 0 Å². The molecule has 3 rings (SSSR count). The summed E-state index contributed by atoms with van der Waals surface area (Å²) in [6.07, 6.45) is 9.64. The van der Waals surface area contributed by atoms with Crippen LogP contribution in [0.15, 0.2) is 61.3 Å². The summed E-state index contributed by atoms with van der Waals surface area (Å²) in [6, 6.07) is 9.65. The number of pyridine rings is 3. The van der Waals surface area contributed by atoms with Crippen molar-refractivity contribution in [1.29, 1.82) is 0 Å². The van der Waals surface area contributed by atoms with Crippen molar-refractivity contribution in [1.82, 2.24) is 15.0 Å². The molecule has 3 heterocycles. The molecular formula is C19H19N3O2. The molecule has 0 aliphatic rings. The molecule has 0 saturated heterocycles. The van der Waals surface area contributed by atoms with Gasteiger partial charge in [0.1, 0.15) is 24.7 Å². The molecule has 0 bridgehead atoms. The van der Waals surface area contributed by atoms with E-state index in [1.54, 1.807) is 31.0 Å². The average molecular weight is 321 g/mol. The molecule has 0 saturated carbocycles. The minimum Gasteiger partial charge on any atom is -0.487 e. The fraction of sp³-hybridized carbons (Fsp3) is 0.211. The van der Waals surface area contributed by atoms with Crippen molar-refractivity contribution >= 4 is 0 Å². The summed E-state index contributed by atoms with van der Waals surface area (Å²) in [5.74, 6) is 1.50. The molecule has 0 N–H and O–H groups in total. The van der Waals surface area contributed by atoms with Gasteiger partial charge in [0, 0.05) is 24.2 Å². The van der Waals surface area contributed by atoms with Crippen molar-refractivity contribution in [3.8, 4) is 11.5 Å². The van der Waals surface area contributed by atoms with Crippen LogP contribution in [0.3, 0.4) is 0 Å². The molecule has 0 fully saturated rings. The van der Waals surface area contributed by atoms with Crippen LogP contribution in [0.25, 0.3) is 0 Å². The van der Waals surface area contributed by atoms with E-state index in [2.05, 4.69) is 21.9 Å². The lowest BCUT2D eigenvalue weighted by Gasteiger charge is -2.10. The quantitative estimate of drug-likeness (QED) is 0.665. The SMILES string of the molecule is CCc1ccncc1OCc1cncc(OCc2ccccn2)c1. The van der Waals surface area contributed by atoms with E-state index in [9.17, 15) is 0 Å². The smallest absolute Gasteiger partial charge is 0.141 e. The van der Waals surface area contributed by atoms with Gasteiger partial charge in [-0.1, -0.05) is 13.0 Å². The highest BCUT2D eigenvalue weighted by molar-refractivity contribution is 5.30. The Labute approximate surface area is 141 Å². The predicted octanol–water partition coefficient (Wildman–Crippen LogP) is 3.59. The van der Waals surface area contributed by atoms with Crippen LogP contribution in [0.2, 0.25) is 0 Å². The zero-order chi connectivity index (χ0) is 16.6. The Morgan fingerprint density at radius 2 is 1.88 bits per heavy atom. The molecule has 5 nitrogen and oxygen atoms in total. The molecule has 0 radical (unpaired) electrons. The average Bonchev–Trinajstić information content (AvgIpc) is 2.66. The number of hydrogen-bond acceptors (Lipinski definition) is 5. The molecule has 0 aliphatic carbocycles. The number of aryl methyl sites for hydroxylation is 1. The maximum Gasteiger partial charge on any atom is 0.141 e. The van der Waals surface area contributed by atoms with Crippen molar-refractivity contribution in [2.24, 2.45) is 0 Å². The zero-order valence-electron chi connectivity index (χ0n) is 13.6. The van der Waals surface area contributed by atoms with Gasteiger partial charge >= 0.3 is 0 Å². The van der Waals surface area contributed by atoms with E-state index in [1.807, 2.05) is 30.3 Å². The first kappa shape index (κ1) is 15.9. The lowest BCUT2D eigenvalue weighted by molar-refractivity contribution is 0.290. The minimum atomic E-state index is 0.412. The second kappa shape index (κ2) is 8.06. The first-order valence-electron chi connectivity index (χ1n) is 7.87. The Morgan fingerprint density at radius 1 is 0.917 bits per heavy atom. The topological polar surface area (TPSA) is 57.1 Å². The lowest BCUT2D eigenvalue weighted by atomic mass is 10.2. The molecule has 24 heavy (non-hydrogen) atoms. The van der Waals surface area contributed by atoms with Crippen LogP contribution in [-0.4, -0.2) is 15.0 Å². The fourth-order valence-electron chi connectivity index (χ4n) is 2.25. The third-order valence-corrected chi connectivity index (χ3v) is 3.53. The Hall–Kier alpha value is -2.95. The van der Waals surface area contributed by atoms with E-state index in [0.717, 1.165) is 29.0 Å². The van der Waals surface area contributed by atoms with Crippen LogP contribution >= 0.6 is 0 Å². The van der Waals surface area contributed by atoms with Crippen LogP contribution < -0.4 is 9.47 Å². The molecule has 0 atom stereocenters. The van der Waals surface area contributed by atoms with Crippen molar-refractivity contribution in [3.63, 3.8) is 0 Å². The summed E-state index contributed by atoms with van der Waals surface area (Å²) < 4.78 is 11.6. The fourth-order valence-corrected chi connectivity index (χ4v) is 2.25. The van der Waals surface area contributed by atoms with Crippen molar-refractivity contribution in [2.45, 2.75) is 26.6 Å². The first-order chi connectivity index (χ1) is 11.8. The second-order valence-electron chi connectivity index (χ2n) is 5.26. The molecule has 3 aromatic rings. The molecular weight excluding hydrogens is 302 g/mol. The first-order valence-corrected chi connectivity index (χ1v) is 7.87. The van der Waals surface area contributed by atoms with Crippen LogP contribution in [0.1, 0.15) is 23.7 Å². The van der Waals surface area contributed by atoms with E-state index in [0.29, 0.717) is 19.0 Å². The van der Waals surface area contributed by atoms with Crippen LogP contribution in [0, 0.1) is 0 Å². The molecule has 5 heteroatoms. The summed E-state index contributed by atoms with van der Waals surface area (Å²) in [6.45, 7) is 2.93. The largest absolute Gasteiger partial charge is 0.487 e. The third kappa shape index (κ3) is 4.29. The molecule has 0 unspecified atom stereocenters. The van der Waals surface area contributed by atoms with E-state index in [4.69, 9.17) is 9.47 Å². The summed E-state index contributed by atoms with van der Waals surface area (Å²) >= 11 is 0. The summed E-state index contributed by atoms with van der Waals surface area (Å²) in [5.41, 5.74) is 2.96. The van der Waals surface area contributed by atoms with Gasteiger partial charge < -0.3 is 9.47 Å². The molecule has 122 valence electrons. The monoisotopic (exact) mass is 321 g/mol. The molecule has 0 spiro atoms. The molecule has 0 amide bonds. The van der Waals surface area contributed by atoms with Crippen LogP contribution in [-0.2, 0) is 19.6 Å². The standard InChI is InChI=1S/C19H19N3O2/c1-2-16-6-8-20-12-19(16)24-13-15-9-18(11-21-10-15)23-14-17-5-3-4-7-22-17/h3-12H,2,13-14H2,1H3. The van der Waals surface area contributed by atoms with E-state index in [-0.39, 0.29) is 0 Å². The Morgan fingerprint density at radius 3 is 2.71 bits per heavy atom. The highest BCUT2D eigenvalue weighted by atomic mass is 16.5. The summed E-state index contributed by atoms with van der Waals surface area (Å²) in [5, 5.41) is 0. The number of nitrogens with zero attached hydrogens (tertiary/aromatic N) is 3. The van der Waals surface area contributed by atoms with Crippen LogP contribution in [0.4, 0.5) is 0 Å². The third-order valence-electron chi connectivity index (χ3n) is 3.53. The minimum absolute atomic E-state index is 0.412. The van der Waals surface area contributed by atoms with Gasteiger partial charge in [0.05, 0.1) is 18.1 Å². The zero-order valence-corrected chi connectivity index (χ0v) is 13.6. The molecule has 0 aliphatic heterocycles. The number of hydrogen-bond donors (Lipinski definition) is 0. The lowest BCUT2D eigenvalue weighted by Crippen LogP contribution is -2.01. The van der Waals surface area contributed by atoms with Gasteiger partial charge in [-0.05, 0) is 36.2 Å². The Kier molecular flexibility index (Phi) is 5.35. The predicted molar refractivity (Wildman–Crippen MR) is 90.8 cm³/mol. The summed E-state index contributed by atoms with van der Waals surface area (Å²) in [4.78, 5) is 12.6. The van der Waals surface area contributed by atoms with Crippen LogP contribution in [0.5, 0.6) is 11.5 Å². The highest BCUT2D eigenvalue weighted by Crippen LogP contribution is 2.19. The van der Waals surface area contributed by atoms with Gasteiger partial charge in [0.25, 0.3) is 0 Å². The maximum absolute atomic E-state index is 5.86. The maximum atomic E-state index is 5.86. The molecule has 0 aromatic carbocycles. The van der Waals surface area contributed by atoms with E-state index >= 15 is 0 Å². The number of ether oxygens (including phenoxy) is 2. The van der Waals surface area contributed by atoms with Crippen molar-refractivity contribution in [2.75, 3.05) is 0 Å². The summed E-state index contributed by atoms with van der Waals surface area (Å²) in [7, 11) is 0. The number of aromatic nitrogens is 3. The van der Waals surface area contributed by atoms with Crippen molar-refractivity contribution in [3.05, 3.63) is 78.1 Å². The number of rotatable bonds is 7. The Bertz CT molecular complexity index is 778. The highest BCUT2D eigenvalue weighted by Gasteiger charge is 2.04.